The lowest BCUT2D eigenvalue weighted by Gasteiger charge is -2.28. The van der Waals surface area contributed by atoms with E-state index in [1.54, 1.807) is 0 Å². The van der Waals surface area contributed by atoms with Crippen molar-refractivity contribution >= 4 is 11.9 Å². The fourth-order valence-electron chi connectivity index (χ4n) is 5.91. The summed E-state index contributed by atoms with van der Waals surface area (Å²) in [6.07, 6.45) is 20.4. The third kappa shape index (κ3) is 4.87. The highest BCUT2D eigenvalue weighted by atomic mass is 15.0. The van der Waals surface area contributed by atoms with Crippen molar-refractivity contribution in [3.8, 4) is 11.1 Å². The van der Waals surface area contributed by atoms with Crippen LogP contribution in [-0.4, -0.2) is 10.8 Å². The zero-order valence-corrected chi connectivity index (χ0v) is 22.4. The Kier molecular flexibility index (Phi) is 6.55. The summed E-state index contributed by atoms with van der Waals surface area (Å²) in [6.45, 7) is 0. The van der Waals surface area contributed by atoms with Gasteiger partial charge >= 0.3 is 0 Å². The van der Waals surface area contributed by atoms with Crippen molar-refractivity contribution < 1.29 is 0 Å². The molecule has 2 heterocycles. The summed E-state index contributed by atoms with van der Waals surface area (Å²) in [7, 11) is 0. The zero-order valence-electron chi connectivity index (χ0n) is 22.4. The van der Waals surface area contributed by atoms with Gasteiger partial charge in [-0.3, -0.25) is 9.98 Å². The second kappa shape index (κ2) is 10.8. The lowest BCUT2D eigenvalue weighted by molar-refractivity contribution is 0.781. The normalized spacial score (nSPS) is 19.6. The minimum Gasteiger partial charge on any atom is -0.340 e. The van der Waals surface area contributed by atoms with E-state index >= 15 is 0 Å². The van der Waals surface area contributed by atoms with E-state index in [-0.39, 0.29) is 6.04 Å². The summed E-state index contributed by atoms with van der Waals surface area (Å²) in [5, 5.41) is 3.76. The predicted molar refractivity (Wildman–Crippen MR) is 165 cm³/mol. The Morgan fingerprint density at radius 2 is 1.68 bits per heavy atom. The van der Waals surface area contributed by atoms with Crippen molar-refractivity contribution in [2.75, 3.05) is 0 Å². The van der Waals surface area contributed by atoms with Crippen LogP contribution < -0.4 is 5.32 Å². The van der Waals surface area contributed by atoms with Crippen LogP contribution >= 0.6 is 0 Å². The number of benzene rings is 3. The average Bonchev–Trinajstić information content (AvgIpc) is 3.05. The molecule has 40 heavy (non-hydrogen) atoms. The van der Waals surface area contributed by atoms with Crippen LogP contribution in [0.1, 0.15) is 52.6 Å². The number of nitrogens with zero attached hydrogens (tertiary/aromatic N) is 2. The van der Waals surface area contributed by atoms with Crippen LogP contribution in [0.5, 0.6) is 0 Å². The minimum absolute atomic E-state index is 0.0804. The number of hydrogen-bond donors (Lipinski definition) is 1. The van der Waals surface area contributed by atoms with Gasteiger partial charge < -0.3 is 5.32 Å². The molecular formula is C37H31N3. The first-order chi connectivity index (χ1) is 19.8. The van der Waals surface area contributed by atoms with Gasteiger partial charge in [0.25, 0.3) is 0 Å². The molecule has 194 valence electrons. The standard InChI is InChI=1S/C37H31N3/c1-2-9-26(10-3-1)27-18-20-29(21-19-27)35-24-36(31-14-6-13-30(23-31)32-15-8-22-38-25-32)40-37(39-35)34-17-7-12-28-11-4-5-16-33(28)34/h1-3,5-10,12-22,24-25,30,35H,4,11,23H2,(H,39,40). The molecule has 0 spiro atoms. The Balaban J connectivity index is 1.26. The molecule has 1 N–H and O–H groups in total. The summed E-state index contributed by atoms with van der Waals surface area (Å²) in [5.74, 6) is 1.24. The molecule has 3 heteroatoms. The third-order valence-corrected chi connectivity index (χ3v) is 8.06. The maximum atomic E-state index is 5.30. The van der Waals surface area contributed by atoms with Crippen molar-refractivity contribution in [3.05, 3.63) is 167 Å². The highest BCUT2D eigenvalue weighted by Gasteiger charge is 2.25. The van der Waals surface area contributed by atoms with Crippen molar-refractivity contribution in [1.82, 2.24) is 10.3 Å². The van der Waals surface area contributed by atoms with E-state index in [4.69, 9.17) is 4.99 Å². The maximum absolute atomic E-state index is 5.30. The SMILES string of the molecule is C1=CC(c2cccnc2)CC(C2=CC(c3ccc(-c4ccccc4)cc3)N=C(c3cccc4c3C=CCC4)N2)=C1. The maximum Gasteiger partial charge on any atom is 0.134 e. The van der Waals surface area contributed by atoms with Crippen LogP contribution in [-0.2, 0) is 6.42 Å². The Labute approximate surface area is 236 Å². The number of aromatic nitrogens is 1. The van der Waals surface area contributed by atoms with Gasteiger partial charge in [0, 0.05) is 29.6 Å². The molecule has 3 aliphatic rings. The molecule has 1 aliphatic heterocycles. The summed E-state index contributed by atoms with van der Waals surface area (Å²) < 4.78 is 0. The highest BCUT2D eigenvalue weighted by Crippen LogP contribution is 2.35. The second-order valence-electron chi connectivity index (χ2n) is 10.6. The van der Waals surface area contributed by atoms with Crippen LogP contribution in [0.15, 0.2) is 144 Å². The molecule has 7 rings (SSSR count). The molecular weight excluding hydrogens is 486 g/mol. The number of amidine groups is 1. The van der Waals surface area contributed by atoms with Crippen molar-refractivity contribution in [1.29, 1.82) is 0 Å². The van der Waals surface area contributed by atoms with Gasteiger partial charge in [0.1, 0.15) is 5.84 Å². The summed E-state index contributed by atoms with van der Waals surface area (Å²) >= 11 is 0. The zero-order chi connectivity index (χ0) is 26.7. The van der Waals surface area contributed by atoms with Gasteiger partial charge in [-0.05, 0) is 70.4 Å². The predicted octanol–water partition coefficient (Wildman–Crippen LogP) is 8.35. The fourth-order valence-corrected chi connectivity index (χ4v) is 5.91. The van der Waals surface area contributed by atoms with Crippen molar-refractivity contribution in [3.63, 3.8) is 0 Å². The Bertz CT molecular complexity index is 1670. The number of aliphatic imine (C=N–C) groups is 1. The van der Waals surface area contributed by atoms with Gasteiger partial charge in [0.05, 0.1) is 6.04 Å². The molecule has 0 bridgehead atoms. The molecule has 2 unspecified atom stereocenters. The number of pyridine rings is 1. The van der Waals surface area contributed by atoms with Gasteiger partial charge in [-0.1, -0.05) is 109 Å². The second-order valence-corrected chi connectivity index (χ2v) is 10.6. The smallest absolute Gasteiger partial charge is 0.134 e. The Hall–Kier alpha value is -4.76. The number of allylic oxidation sites excluding steroid dienone is 5. The summed E-state index contributed by atoms with van der Waals surface area (Å²) in [4.78, 5) is 9.66. The third-order valence-electron chi connectivity index (χ3n) is 8.06. The number of rotatable bonds is 5. The van der Waals surface area contributed by atoms with Crippen molar-refractivity contribution in [2.45, 2.75) is 31.2 Å². The summed E-state index contributed by atoms with van der Waals surface area (Å²) in [5.41, 5.74) is 11.1. The molecule has 2 atom stereocenters. The molecule has 0 saturated heterocycles. The van der Waals surface area contributed by atoms with Crippen LogP contribution in [0.4, 0.5) is 0 Å². The van der Waals surface area contributed by atoms with Gasteiger partial charge in [-0.2, -0.15) is 0 Å². The first-order valence-electron chi connectivity index (χ1n) is 14.1. The lowest BCUT2D eigenvalue weighted by atomic mass is 9.86. The van der Waals surface area contributed by atoms with E-state index in [0.717, 1.165) is 30.8 Å². The monoisotopic (exact) mass is 517 g/mol. The number of aryl methyl sites for hydroxylation is 1. The van der Waals surface area contributed by atoms with Gasteiger partial charge in [0.2, 0.25) is 0 Å². The quantitative estimate of drug-likeness (QED) is 0.289. The van der Waals surface area contributed by atoms with Gasteiger partial charge in [-0.15, -0.1) is 0 Å². The van der Waals surface area contributed by atoms with E-state index in [9.17, 15) is 0 Å². The molecule has 4 aromatic rings. The number of hydrogen-bond acceptors (Lipinski definition) is 3. The van der Waals surface area contributed by atoms with Crippen LogP contribution in [0.2, 0.25) is 0 Å². The Morgan fingerprint density at radius 1 is 0.800 bits per heavy atom. The highest BCUT2D eigenvalue weighted by molar-refractivity contribution is 6.04. The molecule has 1 aromatic heterocycles. The van der Waals surface area contributed by atoms with Crippen LogP contribution in [0, 0.1) is 0 Å². The molecule has 3 nitrogen and oxygen atoms in total. The topological polar surface area (TPSA) is 37.3 Å². The molecule has 0 fully saturated rings. The van der Waals surface area contributed by atoms with E-state index in [1.165, 1.54) is 44.5 Å². The number of nitrogens with one attached hydrogen (secondary N) is 1. The van der Waals surface area contributed by atoms with Crippen LogP contribution in [0.25, 0.3) is 17.2 Å². The molecule has 0 saturated carbocycles. The molecule has 0 amide bonds. The van der Waals surface area contributed by atoms with Crippen molar-refractivity contribution in [2.24, 2.45) is 4.99 Å². The van der Waals surface area contributed by atoms with Crippen LogP contribution in [0.3, 0.4) is 0 Å². The molecule has 2 aliphatic carbocycles. The Morgan fingerprint density at radius 3 is 2.52 bits per heavy atom. The van der Waals surface area contributed by atoms with Gasteiger partial charge in [-0.25, -0.2) is 0 Å². The van der Waals surface area contributed by atoms with Gasteiger partial charge in [0.15, 0.2) is 0 Å². The fraction of sp³-hybridized carbons (Fsp3) is 0.135. The molecule has 3 aromatic carbocycles. The lowest BCUT2D eigenvalue weighted by Crippen LogP contribution is -2.31. The first-order valence-corrected chi connectivity index (χ1v) is 14.1. The number of fused-ring (bicyclic) bond motifs is 1. The van der Waals surface area contributed by atoms with E-state index in [2.05, 4.69) is 126 Å². The largest absolute Gasteiger partial charge is 0.340 e. The minimum atomic E-state index is -0.0804. The summed E-state index contributed by atoms with van der Waals surface area (Å²) in [6, 6.07) is 30.1. The average molecular weight is 518 g/mol. The first kappa shape index (κ1) is 24.3. The molecule has 0 radical (unpaired) electrons. The van der Waals surface area contributed by atoms with E-state index in [0.29, 0.717) is 5.92 Å². The van der Waals surface area contributed by atoms with E-state index < -0.39 is 0 Å². The van der Waals surface area contributed by atoms with E-state index in [1.807, 2.05) is 18.5 Å².